The van der Waals surface area contributed by atoms with Crippen LogP contribution in [-0.4, -0.2) is 23.4 Å². The summed E-state index contributed by atoms with van der Waals surface area (Å²) in [6.07, 6.45) is -0.408. The number of hydrogen-bond donors (Lipinski definition) is 2. The Morgan fingerprint density at radius 1 is 1.26 bits per heavy atom. The van der Waals surface area contributed by atoms with Gasteiger partial charge in [0.1, 0.15) is 0 Å². The lowest BCUT2D eigenvalue weighted by Crippen LogP contribution is -2.38. The Balaban J connectivity index is 1.62. The molecule has 126 valence electrons. The Morgan fingerprint density at radius 3 is 2.39 bits per heavy atom. The van der Waals surface area contributed by atoms with E-state index in [1.54, 1.807) is 0 Å². The molecule has 0 atom stereocenters. The van der Waals surface area contributed by atoms with Crippen molar-refractivity contribution in [3.05, 3.63) is 23.8 Å². The highest BCUT2D eigenvalue weighted by atomic mass is 19.4. The summed E-state index contributed by atoms with van der Waals surface area (Å²) in [7, 11) is 0. The van der Waals surface area contributed by atoms with Gasteiger partial charge in [-0.05, 0) is 55.2 Å². The fourth-order valence-corrected chi connectivity index (χ4v) is 2.83. The monoisotopic (exact) mass is 329 g/mol. The predicted molar refractivity (Wildman–Crippen MR) is 75.9 cm³/mol. The second kappa shape index (κ2) is 5.94. The first-order valence-electron chi connectivity index (χ1n) is 7.69. The molecule has 3 rings (SSSR count). The Hall–Kier alpha value is -1.92. The first-order chi connectivity index (χ1) is 10.8. The van der Waals surface area contributed by atoms with Crippen LogP contribution in [0.25, 0.3) is 0 Å². The molecule has 4 nitrogen and oxygen atoms in total. The summed E-state index contributed by atoms with van der Waals surface area (Å²) in [5.41, 5.74) is 0.366. The zero-order chi connectivity index (χ0) is 16.6. The number of alkyl halides is 3. The molecule has 23 heavy (non-hydrogen) atoms. The summed E-state index contributed by atoms with van der Waals surface area (Å²) in [6.45, 7) is 0. The van der Waals surface area contributed by atoms with Gasteiger partial charge in [0.2, 0.25) is 5.91 Å². The molecule has 1 aromatic carbocycles. The highest BCUT2D eigenvalue weighted by Crippen LogP contribution is 2.44. The van der Waals surface area contributed by atoms with Gasteiger partial charge in [0.25, 0.3) is 0 Å². The van der Waals surface area contributed by atoms with Crippen molar-refractivity contribution in [2.75, 3.05) is 0 Å². The van der Waals surface area contributed by atoms with Gasteiger partial charge in [0.15, 0.2) is 11.5 Å². The van der Waals surface area contributed by atoms with Crippen LogP contribution < -0.4 is 10.1 Å². The van der Waals surface area contributed by atoms with E-state index in [2.05, 4.69) is 10.1 Å². The average molecular weight is 329 g/mol. The number of carbonyl (C=O) groups is 1. The van der Waals surface area contributed by atoms with E-state index in [0.717, 1.165) is 37.8 Å². The largest absolute Gasteiger partial charge is 0.573 e. The van der Waals surface area contributed by atoms with Crippen molar-refractivity contribution in [3.63, 3.8) is 0 Å². The van der Waals surface area contributed by atoms with Crippen molar-refractivity contribution < 1.29 is 27.8 Å². The lowest BCUT2D eigenvalue weighted by atomic mass is 10.1. The summed E-state index contributed by atoms with van der Waals surface area (Å²) >= 11 is 0. The molecular weight excluding hydrogens is 311 g/mol. The molecule has 2 N–H and O–H groups in total. The predicted octanol–water partition coefficient (Wildman–Crippen LogP) is 3.14. The first kappa shape index (κ1) is 16.0. The van der Waals surface area contributed by atoms with E-state index in [0.29, 0.717) is 17.4 Å². The number of amides is 1. The van der Waals surface area contributed by atoms with Gasteiger partial charge in [-0.25, -0.2) is 0 Å². The summed E-state index contributed by atoms with van der Waals surface area (Å²) < 4.78 is 40.6. The number of halogens is 3. The van der Waals surface area contributed by atoms with Crippen LogP contribution in [0.4, 0.5) is 13.2 Å². The zero-order valence-corrected chi connectivity index (χ0v) is 12.4. The number of carbonyl (C=O) groups excluding carboxylic acids is 1. The lowest BCUT2D eigenvalue weighted by Gasteiger charge is -2.18. The standard InChI is InChI=1S/C16H18F3NO3/c17-16(18,19)23-13-7-9(1-6-12(13)21)8-14(22)20-15(10-2-3-10)11-4-5-11/h1,6-7,10-11,15,21H,2-5,8H2,(H,20,22). The molecule has 2 aliphatic carbocycles. The highest BCUT2D eigenvalue weighted by Gasteiger charge is 2.42. The van der Waals surface area contributed by atoms with Crippen LogP contribution in [0.15, 0.2) is 18.2 Å². The van der Waals surface area contributed by atoms with Crippen molar-refractivity contribution in [2.45, 2.75) is 44.5 Å². The molecule has 7 heteroatoms. The van der Waals surface area contributed by atoms with Gasteiger partial charge in [-0.2, -0.15) is 0 Å². The smallest absolute Gasteiger partial charge is 0.504 e. The van der Waals surface area contributed by atoms with Gasteiger partial charge in [0.05, 0.1) is 6.42 Å². The van der Waals surface area contributed by atoms with E-state index in [1.807, 2.05) is 0 Å². The number of rotatable bonds is 6. The average Bonchev–Trinajstić information content (AvgIpc) is 3.32. The van der Waals surface area contributed by atoms with Crippen LogP contribution >= 0.6 is 0 Å². The molecule has 1 amide bonds. The molecule has 1 aromatic rings. The van der Waals surface area contributed by atoms with Crippen LogP contribution in [0.3, 0.4) is 0 Å². The Bertz CT molecular complexity index is 583. The van der Waals surface area contributed by atoms with Gasteiger partial charge in [0, 0.05) is 6.04 Å². The molecule has 0 aliphatic heterocycles. The van der Waals surface area contributed by atoms with Crippen molar-refractivity contribution in [1.29, 1.82) is 0 Å². The van der Waals surface area contributed by atoms with E-state index >= 15 is 0 Å². The van der Waals surface area contributed by atoms with E-state index in [9.17, 15) is 23.1 Å². The maximum Gasteiger partial charge on any atom is 0.573 e. The molecule has 0 heterocycles. The zero-order valence-electron chi connectivity index (χ0n) is 12.4. The van der Waals surface area contributed by atoms with Crippen LogP contribution in [0, 0.1) is 11.8 Å². The summed E-state index contributed by atoms with van der Waals surface area (Å²) in [4.78, 5) is 12.1. The quantitative estimate of drug-likeness (QED) is 0.843. The van der Waals surface area contributed by atoms with Gasteiger partial charge >= 0.3 is 6.36 Å². The van der Waals surface area contributed by atoms with Crippen molar-refractivity contribution in [1.82, 2.24) is 5.32 Å². The van der Waals surface area contributed by atoms with Crippen LogP contribution in [0.5, 0.6) is 11.5 Å². The van der Waals surface area contributed by atoms with Crippen LogP contribution in [0.2, 0.25) is 0 Å². The normalized spacial score (nSPS) is 18.1. The van der Waals surface area contributed by atoms with Gasteiger partial charge in [-0.1, -0.05) is 6.07 Å². The topological polar surface area (TPSA) is 58.6 Å². The molecule has 0 spiro atoms. The second-order valence-electron chi connectivity index (χ2n) is 6.29. The number of phenols is 1. The van der Waals surface area contributed by atoms with Crippen LogP contribution in [-0.2, 0) is 11.2 Å². The molecule has 0 radical (unpaired) electrons. The molecule has 2 aliphatic rings. The fraction of sp³-hybridized carbons (Fsp3) is 0.562. The molecular formula is C16H18F3NO3. The third-order valence-corrected chi connectivity index (χ3v) is 4.20. The first-order valence-corrected chi connectivity index (χ1v) is 7.69. The minimum absolute atomic E-state index is 0.0373. The molecule has 0 unspecified atom stereocenters. The molecule has 2 saturated carbocycles. The fourth-order valence-electron chi connectivity index (χ4n) is 2.83. The minimum atomic E-state index is -4.89. The third-order valence-electron chi connectivity index (χ3n) is 4.20. The number of aromatic hydroxyl groups is 1. The Morgan fingerprint density at radius 2 is 1.87 bits per heavy atom. The maximum absolute atomic E-state index is 12.3. The van der Waals surface area contributed by atoms with Crippen LogP contribution in [0.1, 0.15) is 31.2 Å². The summed E-state index contributed by atoms with van der Waals surface area (Å²) in [6, 6.07) is 3.77. The summed E-state index contributed by atoms with van der Waals surface area (Å²) in [5.74, 6) is -0.410. The highest BCUT2D eigenvalue weighted by molar-refractivity contribution is 5.79. The van der Waals surface area contributed by atoms with Crippen molar-refractivity contribution >= 4 is 5.91 Å². The van der Waals surface area contributed by atoms with Gasteiger partial charge in [-0.15, -0.1) is 13.2 Å². The molecule has 0 aromatic heterocycles. The van der Waals surface area contributed by atoms with Gasteiger partial charge in [-0.3, -0.25) is 4.79 Å². The number of ether oxygens (including phenoxy) is 1. The maximum atomic E-state index is 12.3. The van der Waals surface area contributed by atoms with Gasteiger partial charge < -0.3 is 15.2 Å². The SMILES string of the molecule is O=C(Cc1ccc(O)c(OC(F)(F)F)c1)NC(C1CC1)C1CC1. The second-order valence-corrected chi connectivity index (χ2v) is 6.29. The summed E-state index contributed by atoms with van der Waals surface area (Å²) in [5, 5.41) is 12.4. The van der Waals surface area contributed by atoms with E-state index in [-0.39, 0.29) is 18.4 Å². The van der Waals surface area contributed by atoms with E-state index in [1.165, 1.54) is 6.07 Å². The minimum Gasteiger partial charge on any atom is -0.504 e. The van der Waals surface area contributed by atoms with E-state index in [4.69, 9.17) is 0 Å². The number of hydrogen-bond acceptors (Lipinski definition) is 3. The number of nitrogens with one attached hydrogen (secondary N) is 1. The number of phenolic OH excluding ortho intramolecular Hbond substituents is 1. The Labute approximate surface area is 131 Å². The van der Waals surface area contributed by atoms with Crippen molar-refractivity contribution in [3.8, 4) is 11.5 Å². The molecule has 0 saturated heterocycles. The molecule has 0 bridgehead atoms. The lowest BCUT2D eigenvalue weighted by molar-refractivity contribution is -0.275. The van der Waals surface area contributed by atoms with Crippen molar-refractivity contribution in [2.24, 2.45) is 11.8 Å². The van der Waals surface area contributed by atoms with E-state index < -0.39 is 17.9 Å². The molecule has 2 fully saturated rings. The Kier molecular flexibility index (Phi) is 4.12. The third kappa shape index (κ3) is 4.53. The number of benzene rings is 1.